The van der Waals surface area contributed by atoms with Crippen molar-refractivity contribution in [1.29, 1.82) is 0 Å². The predicted molar refractivity (Wildman–Crippen MR) is 141 cm³/mol. The molecule has 2 heterocycles. The highest BCUT2D eigenvalue weighted by Gasteiger charge is 2.34. The van der Waals surface area contributed by atoms with Crippen molar-refractivity contribution in [2.45, 2.75) is 51.8 Å². The summed E-state index contributed by atoms with van der Waals surface area (Å²) in [5.74, 6) is 2.19. The first-order valence-electron chi connectivity index (χ1n) is 12.5. The number of likely N-dealkylation sites (tertiary alicyclic amines) is 1. The first-order valence-corrected chi connectivity index (χ1v) is 12.8. The number of aliphatic hydroxyl groups is 1. The number of β-amino-alcohol motifs (C(OH)–C–C–N with tert-alkyl or cyclic N) is 1. The third-order valence-electron chi connectivity index (χ3n) is 6.53. The summed E-state index contributed by atoms with van der Waals surface area (Å²) in [6.45, 7) is 7.77. The van der Waals surface area contributed by atoms with Crippen LogP contribution in [0, 0.1) is 13.8 Å². The molecular weight excluding hydrogens is 478 g/mol. The first-order chi connectivity index (χ1) is 17.3. The number of hydrogen-bond acceptors (Lipinski definition) is 6. The molecule has 1 atom stereocenters. The zero-order valence-electron chi connectivity index (χ0n) is 21.4. The van der Waals surface area contributed by atoms with Gasteiger partial charge in [-0.05, 0) is 80.3 Å². The summed E-state index contributed by atoms with van der Waals surface area (Å²) < 4.78 is 19.5. The minimum Gasteiger partial charge on any atom is -0.493 e. The highest BCUT2D eigenvalue weighted by Crippen LogP contribution is 2.31. The van der Waals surface area contributed by atoms with Crippen molar-refractivity contribution in [3.05, 3.63) is 70.5 Å². The van der Waals surface area contributed by atoms with Gasteiger partial charge in [-0.1, -0.05) is 17.7 Å². The second kappa shape index (κ2) is 12.0. The van der Waals surface area contributed by atoms with Crippen molar-refractivity contribution in [3.8, 4) is 17.2 Å². The van der Waals surface area contributed by atoms with Gasteiger partial charge in [-0.25, -0.2) is 0 Å². The smallest absolute Gasteiger partial charge is 0.161 e. The molecule has 8 heteroatoms. The molecule has 0 spiro atoms. The SMILES string of the molecule is COc1cc(CN2CCCC(O)(COc3cc(C)c(Cl)c(C)c3)C2)ccc1OCCCn1cccn1. The molecule has 1 aliphatic rings. The van der Waals surface area contributed by atoms with Crippen LogP contribution in [0.3, 0.4) is 0 Å². The minimum atomic E-state index is -0.901. The number of aromatic nitrogens is 2. The van der Waals surface area contributed by atoms with Gasteiger partial charge < -0.3 is 19.3 Å². The number of benzene rings is 2. The Labute approximate surface area is 218 Å². The van der Waals surface area contributed by atoms with Crippen molar-refractivity contribution < 1.29 is 19.3 Å². The normalized spacial score (nSPS) is 18.2. The van der Waals surface area contributed by atoms with Crippen molar-refractivity contribution >= 4 is 11.6 Å². The fourth-order valence-electron chi connectivity index (χ4n) is 4.70. The minimum absolute atomic E-state index is 0.249. The maximum Gasteiger partial charge on any atom is 0.161 e. The van der Waals surface area contributed by atoms with Crippen LogP contribution >= 0.6 is 11.6 Å². The fraction of sp³-hybridized carbons (Fsp3) is 0.464. The number of hydrogen-bond donors (Lipinski definition) is 1. The molecule has 36 heavy (non-hydrogen) atoms. The zero-order chi connectivity index (χ0) is 25.5. The molecule has 1 aliphatic heterocycles. The van der Waals surface area contributed by atoms with Gasteiger partial charge in [-0.15, -0.1) is 0 Å². The number of ether oxygens (including phenoxy) is 3. The van der Waals surface area contributed by atoms with Gasteiger partial charge in [0.15, 0.2) is 11.5 Å². The van der Waals surface area contributed by atoms with Gasteiger partial charge in [0.2, 0.25) is 0 Å². The highest BCUT2D eigenvalue weighted by molar-refractivity contribution is 6.32. The van der Waals surface area contributed by atoms with Crippen molar-refractivity contribution in [1.82, 2.24) is 14.7 Å². The number of nitrogens with zero attached hydrogens (tertiary/aromatic N) is 3. The van der Waals surface area contributed by atoms with E-state index in [9.17, 15) is 5.11 Å². The van der Waals surface area contributed by atoms with Crippen LogP contribution in [0.4, 0.5) is 0 Å². The average Bonchev–Trinajstić information content (AvgIpc) is 3.38. The molecule has 4 rings (SSSR count). The zero-order valence-corrected chi connectivity index (χ0v) is 22.1. The molecule has 2 aromatic carbocycles. The fourth-order valence-corrected chi connectivity index (χ4v) is 4.80. The molecule has 3 aromatic rings. The number of rotatable bonds is 11. The summed E-state index contributed by atoms with van der Waals surface area (Å²) in [4.78, 5) is 2.27. The van der Waals surface area contributed by atoms with E-state index in [4.69, 9.17) is 25.8 Å². The maximum absolute atomic E-state index is 11.3. The predicted octanol–water partition coefficient (Wildman–Crippen LogP) is 5.04. The van der Waals surface area contributed by atoms with E-state index in [0.717, 1.165) is 71.4 Å². The molecule has 7 nitrogen and oxygen atoms in total. The van der Waals surface area contributed by atoms with Crippen LogP contribution in [0.1, 0.15) is 36.0 Å². The van der Waals surface area contributed by atoms with Crippen LogP contribution in [0.15, 0.2) is 48.8 Å². The van der Waals surface area contributed by atoms with Crippen LogP contribution in [-0.4, -0.2) is 58.8 Å². The molecule has 1 saturated heterocycles. The van der Waals surface area contributed by atoms with Crippen molar-refractivity contribution in [3.63, 3.8) is 0 Å². The van der Waals surface area contributed by atoms with Gasteiger partial charge in [0.05, 0.1) is 13.7 Å². The lowest BCUT2D eigenvalue weighted by atomic mass is 9.93. The number of methoxy groups -OCH3 is 1. The van der Waals surface area contributed by atoms with Crippen LogP contribution in [0.2, 0.25) is 5.02 Å². The molecule has 0 radical (unpaired) electrons. The van der Waals surface area contributed by atoms with Gasteiger partial charge in [-0.2, -0.15) is 5.10 Å². The van der Waals surface area contributed by atoms with E-state index in [2.05, 4.69) is 16.1 Å². The highest BCUT2D eigenvalue weighted by atomic mass is 35.5. The van der Waals surface area contributed by atoms with E-state index in [0.29, 0.717) is 19.6 Å². The Hall–Kier alpha value is -2.74. The van der Waals surface area contributed by atoms with Crippen LogP contribution in [0.5, 0.6) is 17.2 Å². The largest absolute Gasteiger partial charge is 0.493 e. The third kappa shape index (κ3) is 6.93. The summed E-state index contributed by atoms with van der Waals surface area (Å²) >= 11 is 6.27. The number of aryl methyl sites for hydroxylation is 3. The monoisotopic (exact) mass is 513 g/mol. The maximum atomic E-state index is 11.3. The van der Waals surface area contributed by atoms with Gasteiger partial charge in [0.25, 0.3) is 0 Å². The van der Waals surface area contributed by atoms with Gasteiger partial charge >= 0.3 is 0 Å². The molecule has 1 unspecified atom stereocenters. The summed E-state index contributed by atoms with van der Waals surface area (Å²) in [6.07, 6.45) is 6.20. The lowest BCUT2D eigenvalue weighted by Gasteiger charge is -2.39. The summed E-state index contributed by atoms with van der Waals surface area (Å²) in [6, 6.07) is 11.8. The molecular formula is C28H36ClN3O4. The molecule has 1 aromatic heterocycles. The third-order valence-corrected chi connectivity index (χ3v) is 7.13. The Morgan fingerprint density at radius 1 is 1.11 bits per heavy atom. The van der Waals surface area contributed by atoms with E-state index in [-0.39, 0.29) is 6.61 Å². The molecule has 0 saturated carbocycles. The number of halogens is 1. The van der Waals surface area contributed by atoms with E-state index < -0.39 is 5.60 Å². The molecule has 194 valence electrons. The van der Waals surface area contributed by atoms with Gasteiger partial charge in [0, 0.05) is 43.5 Å². The summed E-state index contributed by atoms with van der Waals surface area (Å²) in [5.41, 5.74) is 2.16. The van der Waals surface area contributed by atoms with Crippen LogP contribution < -0.4 is 14.2 Å². The first kappa shape index (κ1) is 26.3. The lowest BCUT2D eigenvalue weighted by Crippen LogP contribution is -2.51. The molecule has 1 fully saturated rings. The number of piperidine rings is 1. The summed E-state index contributed by atoms with van der Waals surface area (Å²) in [5, 5.41) is 16.2. The Bertz CT molecular complexity index is 1110. The van der Waals surface area contributed by atoms with Gasteiger partial charge in [-0.3, -0.25) is 9.58 Å². The Balaban J connectivity index is 1.30. The average molecular weight is 514 g/mol. The van der Waals surface area contributed by atoms with Crippen LogP contribution in [-0.2, 0) is 13.1 Å². The standard InChI is InChI=1S/C28H36ClN3O4/c1-21-15-24(16-22(2)27(21)29)36-20-28(33)9-4-11-31(19-28)18-23-7-8-25(26(17-23)34-3)35-14-6-13-32-12-5-10-30-32/h5,7-8,10,12,15-17,33H,4,6,9,11,13-14,18-20H2,1-3H3. The summed E-state index contributed by atoms with van der Waals surface area (Å²) in [7, 11) is 1.66. The van der Waals surface area contributed by atoms with Crippen LogP contribution in [0.25, 0.3) is 0 Å². The molecule has 0 bridgehead atoms. The molecule has 0 amide bonds. The van der Waals surface area contributed by atoms with E-state index in [1.54, 1.807) is 13.3 Å². The van der Waals surface area contributed by atoms with E-state index >= 15 is 0 Å². The van der Waals surface area contributed by atoms with Crippen molar-refractivity contribution in [2.24, 2.45) is 0 Å². The topological polar surface area (TPSA) is 69.0 Å². The Morgan fingerprint density at radius 3 is 2.64 bits per heavy atom. The quantitative estimate of drug-likeness (QED) is 0.362. The van der Waals surface area contributed by atoms with Crippen molar-refractivity contribution in [2.75, 3.05) is 33.4 Å². The second-order valence-corrected chi connectivity index (χ2v) is 10.0. The second-order valence-electron chi connectivity index (χ2n) is 9.65. The molecule has 1 N–H and O–H groups in total. The Morgan fingerprint density at radius 2 is 1.92 bits per heavy atom. The van der Waals surface area contributed by atoms with E-state index in [1.807, 2.05) is 55.1 Å². The van der Waals surface area contributed by atoms with E-state index in [1.165, 1.54) is 0 Å². The lowest BCUT2D eigenvalue weighted by molar-refractivity contribution is -0.0621. The van der Waals surface area contributed by atoms with Gasteiger partial charge in [0.1, 0.15) is 18.0 Å². The molecule has 0 aliphatic carbocycles. The Kier molecular flexibility index (Phi) is 8.77.